The zero-order chi connectivity index (χ0) is 23.3. The Morgan fingerprint density at radius 1 is 0.970 bits per heavy atom. The van der Waals surface area contributed by atoms with Crippen LogP contribution in [-0.2, 0) is 9.59 Å². The lowest BCUT2D eigenvalue weighted by Crippen LogP contribution is -2.29. The average molecular weight is 453 g/mol. The summed E-state index contributed by atoms with van der Waals surface area (Å²) in [7, 11) is 0. The molecule has 7 nitrogen and oxygen atoms in total. The summed E-state index contributed by atoms with van der Waals surface area (Å²) in [5.41, 5.74) is -0.0946. The number of fused-ring (bicyclic) bond motifs is 1. The van der Waals surface area contributed by atoms with Crippen molar-refractivity contribution in [2.45, 2.75) is 13.0 Å². The van der Waals surface area contributed by atoms with Gasteiger partial charge >= 0.3 is 0 Å². The van der Waals surface area contributed by atoms with E-state index in [2.05, 4.69) is 0 Å². The quantitative estimate of drug-likeness (QED) is 0.362. The van der Waals surface area contributed by atoms with Gasteiger partial charge in [0, 0.05) is 17.3 Å². The van der Waals surface area contributed by atoms with Crippen molar-refractivity contribution in [1.29, 1.82) is 0 Å². The normalized spacial score (nSPS) is 19.2. The van der Waals surface area contributed by atoms with Crippen LogP contribution in [-0.4, -0.2) is 30.0 Å². The number of furan rings is 1. The molecule has 0 spiro atoms. The number of Topliss-reactive ketones (excluding diaryl/α,β-unsaturated/α-hetero) is 1. The Bertz CT molecular complexity index is 1330. The molecular formula is C24H17F2NO6. The first-order chi connectivity index (χ1) is 15.8. The molecule has 0 saturated carbocycles. The van der Waals surface area contributed by atoms with Gasteiger partial charge in [-0.05, 0) is 49.4 Å². The average Bonchev–Trinajstić information content (AvgIpc) is 3.35. The molecule has 1 amide bonds. The summed E-state index contributed by atoms with van der Waals surface area (Å²) in [6.45, 7) is 2.38. The van der Waals surface area contributed by atoms with E-state index in [0.717, 1.165) is 17.0 Å². The van der Waals surface area contributed by atoms with E-state index in [1.807, 2.05) is 0 Å². The van der Waals surface area contributed by atoms with Gasteiger partial charge in [-0.2, -0.15) is 0 Å². The molecule has 1 N–H and O–H groups in total. The maximum atomic E-state index is 14.0. The first-order valence-electron chi connectivity index (χ1n) is 10.1. The standard InChI is InChI=1S/C24H17F2NO6/c1-12-2-6-18(33-12)21-20(22(28)13-3-7-17-19(10-13)32-9-8-31-17)23(29)24(30)27(21)14-4-5-15(25)16(26)11-14/h2-7,10-11,21,28H,8-9H2,1H3/b22-20-. The highest BCUT2D eigenvalue weighted by Crippen LogP contribution is 2.43. The van der Waals surface area contributed by atoms with E-state index in [1.165, 1.54) is 18.2 Å². The monoisotopic (exact) mass is 453 g/mol. The maximum absolute atomic E-state index is 14.0. The highest BCUT2D eigenvalue weighted by molar-refractivity contribution is 6.51. The molecule has 168 valence electrons. The van der Waals surface area contributed by atoms with Gasteiger partial charge in [0.1, 0.15) is 36.5 Å². The van der Waals surface area contributed by atoms with Crippen molar-refractivity contribution < 1.29 is 37.4 Å². The SMILES string of the molecule is Cc1ccc(C2/C(=C(/O)c3ccc4c(c3)OCCO4)C(=O)C(=O)N2c2ccc(F)c(F)c2)o1. The number of anilines is 1. The molecule has 1 unspecified atom stereocenters. The van der Waals surface area contributed by atoms with Crippen LogP contribution in [0.1, 0.15) is 23.1 Å². The maximum Gasteiger partial charge on any atom is 0.300 e. The number of nitrogens with zero attached hydrogens (tertiary/aromatic N) is 1. The third kappa shape index (κ3) is 3.42. The fourth-order valence-electron chi connectivity index (χ4n) is 3.95. The molecule has 1 saturated heterocycles. The molecule has 33 heavy (non-hydrogen) atoms. The molecule has 2 aliphatic rings. The summed E-state index contributed by atoms with van der Waals surface area (Å²) in [6, 6.07) is 9.44. The summed E-state index contributed by atoms with van der Waals surface area (Å²) in [6.07, 6.45) is 0. The van der Waals surface area contributed by atoms with Gasteiger partial charge in [0.2, 0.25) is 0 Å². The Kier molecular flexibility index (Phi) is 4.88. The molecule has 0 aliphatic carbocycles. The minimum absolute atomic E-state index is 0.0590. The van der Waals surface area contributed by atoms with Crippen LogP contribution in [0.2, 0.25) is 0 Å². The number of ketones is 1. The van der Waals surface area contributed by atoms with Crippen LogP contribution in [0.5, 0.6) is 11.5 Å². The van der Waals surface area contributed by atoms with Gasteiger partial charge in [0.15, 0.2) is 23.1 Å². The van der Waals surface area contributed by atoms with Crippen LogP contribution >= 0.6 is 0 Å². The summed E-state index contributed by atoms with van der Waals surface area (Å²) < 4.78 is 44.2. The second-order valence-corrected chi connectivity index (χ2v) is 7.57. The Morgan fingerprint density at radius 2 is 1.73 bits per heavy atom. The van der Waals surface area contributed by atoms with Crippen LogP contribution in [0.4, 0.5) is 14.5 Å². The second-order valence-electron chi connectivity index (χ2n) is 7.57. The largest absolute Gasteiger partial charge is 0.507 e. The van der Waals surface area contributed by atoms with E-state index >= 15 is 0 Å². The van der Waals surface area contributed by atoms with Crippen LogP contribution in [0.15, 0.2) is 58.5 Å². The molecule has 1 fully saturated rings. The van der Waals surface area contributed by atoms with Crippen molar-refractivity contribution in [3.05, 3.63) is 82.8 Å². The van der Waals surface area contributed by atoms with Crippen molar-refractivity contribution in [1.82, 2.24) is 0 Å². The Hall–Kier alpha value is -4.14. The number of rotatable bonds is 3. The van der Waals surface area contributed by atoms with Crippen molar-refractivity contribution >= 4 is 23.1 Å². The van der Waals surface area contributed by atoms with E-state index in [0.29, 0.717) is 30.5 Å². The second kappa shape index (κ2) is 7.77. The van der Waals surface area contributed by atoms with E-state index in [9.17, 15) is 23.5 Å². The number of ether oxygens (including phenoxy) is 2. The van der Waals surface area contributed by atoms with E-state index in [-0.39, 0.29) is 22.6 Å². The molecule has 0 radical (unpaired) electrons. The molecule has 9 heteroatoms. The highest BCUT2D eigenvalue weighted by atomic mass is 19.2. The van der Waals surface area contributed by atoms with Gasteiger partial charge < -0.3 is 19.0 Å². The minimum atomic E-state index is -1.20. The summed E-state index contributed by atoms with van der Waals surface area (Å²) >= 11 is 0. The Morgan fingerprint density at radius 3 is 2.42 bits per heavy atom. The zero-order valence-corrected chi connectivity index (χ0v) is 17.3. The van der Waals surface area contributed by atoms with Crippen LogP contribution in [0.25, 0.3) is 5.76 Å². The number of halogens is 2. The molecule has 0 bridgehead atoms. The lowest BCUT2D eigenvalue weighted by atomic mass is 9.99. The third-order valence-corrected chi connectivity index (χ3v) is 5.47. The lowest BCUT2D eigenvalue weighted by Gasteiger charge is -2.23. The fraction of sp³-hybridized carbons (Fsp3) is 0.167. The van der Waals surface area contributed by atoms with Crippen LogP contribution < -0.4 is 14.4 Å². The van der Waals surface area contributed by atoms with Crippen LogP contribution in [0, 0.1) is 18.6 Å². The van der Waals surface area contributed by atoms with Gasteiger partial charge in [-0.1, -0.05) is 0 Å². The molecule has 2 aromatic carbocycles. The number of amides is 1. The van der Waals surface area contributed by atoms with Gasteiger partial charge in [0.05, 0.1) is 5.57 Å². The number of carbonyl (C=O) groups is 2. The van der Waals surface area contributed by atoms with E-state index < -0.39 is 35.1 Å². The van der Waals surface area contributed by atoms with Crippen LogP contribution in [0.3, 0.4) is 0 Å². The van der Waals surface area contributed by atoms with Crippen molar-refractivity contribution in [3.8, 4) is 11.5 Å². The minimum Gasteiger partial charge on any atom is -0.507 e. The fourth-order valence-corrected chi connectivity index (χ4v) is 3.95. The number of hydrogen-bond acceptors (Lipinski definition) is 6. The first kappa shape index (κ1) is 20.7. The smallest absolute Gasteiger partial charge is 0.300 e. The van der Waals surface area contributed by atoms with E-state index in [4.69, 9.17) is 13.9 Å². The van der Waals surface area contributed by atoms with Gasteiger partial charge in [-0.3, -0.25) is 14.5 Å². The predicted molar refractivity (Wildman–Crippen MR) is 112 cm³/mol. The first-order valence-corrected chi connectivity index (χ1v) is 10.1. The highest BCUT2D eigenvalue weighted by Gasteiger charge is 2.48. The Balaban J connectivity index is 1.69. The van der Waals surface area contributed by atoms with Gasteiger partial charge in [0.25, 0.3) is 11.7 Å². The van der Waals surface area contributed by atoms with Crippen molar-refractivity contribution in [2.24, 2.45) is 0 Å². The summed E-state index contributed by atoms with van der Waals surface area (Å²) in [4.78, 5) is 27.0. The van der Waals surface area contributed by atoms with Gasteiger partial charge in [-0.15, -0.1) is 0 Å². The number of aryl methyl sites for hydroxylation is 1. The molecule has 3 aromatic rings. The van der Waals surface area contributed by atoms with E-state index in [1.54, 1.807) is 25.1 Å². The molecule has 3 heterocycles. The molecule has 1 aromatic heterocycles. The number of carbonyl (C=O) groups excluding carboxylic acids is 2. The Labute approximate surface area is 186 Å². The number of aliphatic hydroxyl groups excluding tert-OH is 1. The molecular weight excluding hydrogens is 436 g/mol. The lowest BCUT2D eigenvalue weighted by molar-refractivity contribution is -0.132. The predicted octanol–water partition coefficient (Wildman–Crippen LogP) is 4.26. The number of benzene rings is 2. The number of aliphatic hydroxyl groups is 1. The summed E-state index contributed by atoms with van der Waals surface area (Å²) in [5.74, 6) is -3.22. The molecule has 1 atom stereocenters. The molecule has 2 aliphatic heterocycles. The topological polar surface area (TPSA) is 89.2 Å². The van der Waals surface area contributed by atoms with Gasteiger partial charge in [-0.25, -0.2) is 8.78 Å². The van der Waals surface area contributed by atoms with Crippen molar-refractivity contribution in [3.63, 3.8) is 0 Å². The summed E-state index contributed by atoms with van der Waals surface area (Å²) in [5, 5.41) is 11.1. The zero-order valence-electron chi connectivity index (χ0n) is 17.3. The van der Waals surface area contributed by atoms with Crippen molar-refractivity contribution in [2.75, 3.05) is 18.1 Å². The number of hydrogen-bond donors (Lipinski definition) is 1. The molecule has 5 rings (SSSR count). The third-order valence-electron chi connectivity index (χ3n) is 5.47.